The molecule has 7 heteroatoms. The summed E-state index contributed by atoms with van der Waals surface area (Å²) in [4.78, 5) is 6.79. The largest absolute Gasteiger partial charge is 0.376 e. The Bertz CT molecular complexity index is 597. The highest BCUT2D eigenvalue weighted by Crippen LogP contribution is 2.19. The van der Waals surface area contributed by atoms with Crippen molar-refractivity contribution < 1.29 is 4.74 Å². The number of ether oxygens (including phenoxy) is 1. The third kappa shape index (κ3) is 9.02. The van der Waals surface area contributed by atoms with Crippen LogP contribution in [0.2, 0.25) is 0 Å². The minimum atomic E-state index is 0. The maximum atomic E-state index is 5.63. The smallest absolute Gasteiger partial charge is 0.191 e. The number of hydrogen-bond acceptors (Lipinski definition) is 4. The van der Waals surface area contributed by atoms with Crippen molar-refractivity contribution in [2.75, 3.05) is 39.5 Å². The Morgan fingerprint density at radius 1 is 1.33 bits per heavy atom. The first kappa shape index (κ1) is 24.5. The van der Waals surface area contributed by atoms with E-state index in [9.17, 15) is 0 Å². The molecular weight excluding hydrogens is 471 g/mol. The SMILES string of the molecule is CN=C(NCc1cccc(CN2CCOC(C)C2)c1)NCC(C)(C)SC.I. The molecule has 0 spiro atoms. The second-order valence-corrected chi connectivity index (χ2v) is 8.99. The number of morpholine rings is 1. The first-order valence-corrected chi connectivity index (χ1v) is 10.6. The van der Waals surface area contributed by atoms with Gasteiger partial charge in [-0.15, -0.1) is 24.0 Å². The van der Waals surface area contributed by atoms with E-state index in [1.54, 1.807) is 0 Å². The lowest BCUT2D eigenvalue weighted by Crippen LogP contribution is -2.43. The molecule has 1 aromatic carbocycles. The van der Waals surface area contributed by atoms with Gasteiger partial charge in [0.05, 0.1) is 12.7 Å². The fourth-order valence-electron chi connectivity index (χ4n) is 2.91. The minimum Gasteiger partial charge on any atom is -0.376 e. The van der Waals surface area contributed by atoms with Crippen LogP contribution in [0.3, 0.4) is 0 Å². The van der Waals surface area contributed by atoms with Gasteiger partial charge in [0.25, 0.3) is 0 Å². The minimum absolute atomic E-state index is 0. The van der Waals surface area contributed by atoms with Crippen LogP contribution in [0.1, 0.15) is 31.9 Å². The zero-order valence-corrected chi connectivity index (χ0v) is 20.4. The van der Waals surface area contributed by atoms with Crippen LogP contribution in [-0.4, -0.2) is 61.3 Å². The Morgan fingerprint density at radius 3 is 2.74 bits per heavy atom. The van der Waals surface area contributed by atoms with E-state index in [1.807, 2.05) is 18.8 Å². The van der Waals surface area contributed by atoms with Crippen LogP contribution >= 0.6 is 35.7 Å². The molecule has 0 amide bonds. The fraction of sp³-hybridized carbons (Fsp3) is 0.650. The van der Waals surface area contributed by atoms with Gasteiger partial charge in [-0.2, -0.15) is 11.8 Å². The maximum absolute atomic E-state index is 5.63. The summed E-state index contributed by atoms with van der Waals surface area (Å²) in [6.07, 6.45) is 2.46. The van der Waals surface area contributed by atoms with Crippen molar-refractivity contribution in [2.45, 2.75) is 44.7 Å². The lowest BCUT2D eigenvalue weighted by molar-refractivity contribution is -0.0212. The lowest BCUT2D eigenvalue weighted by atomic mass is 10.1. The summed E-state index contributed by atoms with van der Waals surface area (Å²) in [6, 6.07) is 8.80. The maximum Gasteiger partial charge on any atom is 0.191 e. The van der Waals surface area contributed by atoms with Crippen molar-refractivity contribution in [3.05, 3.63) is 35.4 Å². The Morgan fingerprint density at radius 2 is 2.07 bits per heavy atom. The molecule has 1 saturated heterocycles. The molecule has 1 heterocycles. The normalized spacial score (nSPS) is 18.7. The molecule has 0 saturated carbocycles. The van der Waals surface area contributed by atoms with Gasteiger partial charge >= 0.3 is 0 Å². The molecule has 0 aromatic heterocycles. The molecule has 0 aliphatic carbocycles. The van der Waals surface area contributed by atoms with Crippen molar-refractivity contribution in [3.63, 3.8) is 0 Å². The van der Waals surface area contributed by atoms with Crippen LogP contribution in [0, 0.1) is 0 Å². The number of halogens is 1. The molecule has 0 bridgehead atoms. The van der Waals surface area contributed by atoms with Gasteiger partial charge in [0, 0.05) is 44.5 Å². The summed E-state index contributed by atoms with van der Waals surface area (Å²) in [6.45, 7) is 12.1. The van der Waals surface area contributed by atoms with Crippen LogP contribution in [-0.2, 0) is 17.8 Å². The third-order valence-electron chi connectivity index (χ3n) is 4.64. The molecule has 2 rings (SSSR count). The van der Waals surface area contributed by atoms with Gasteiger partial charge in [-0.3, -0.25) is 9.89 Å². The number of rotatable bonds is 7. The van der Waals surface area contributed by atoms with Crippen LogP contribution in [0.4, 0.5) is 0 Å². The zero-order valence-electron chi connectivity index (χ0n) is 17.2. The summed E-state index contributed by atoms with van der Waals surface area (Å²) < 4.78 is 5.82. The molecule has 1 aromatic rings. The van der Waals surface area contributed by atoms with E-state index in [0.717, 1.165) is 45.3 Å². The van der Waals surface area contributed by atoms with E-state index in [1.165, 1.54) is 11.1 Å². The Kier molecular flexibility index (Phi) is 11.0. The lowest BCUT2D eigenvalue weighted by Gasteiger charge is -2.31. The number of nitrogens with one attached hydrogen (secondary N) is 2. The monoisotopic (exact) mass is 506 g/mol. The third-order valence-corrected chi connectivity index (χ3v) is 5.89. The van der Waals surface area contributed by atoms with Gasteiger partial charge in [-0.1, -0.05) is 24.3 Å². The number of hydrogen-bond donors (Lipinski definition) is 2. The average Bonchev–Trinajstić information content (AvgIpc) is 2.62. The topological polar surface area (TPSA) is 48.9 Å². The van der Waals surface area contributed by atoms with Crippen LogP contribution in [0.15, 0.2) is 29.3 Å². The first-order chi connectivity index (χ1) is 12.4. The van der Waals surface area contributed by atoms with E-state index in [0.29, 0.717) is 6.10 Å². The highest BCUT2D eigenvalue weighted by atomic mass is 127. The van der Waals surface area contributed by atoms with E-state index >= 15 is 0 Å². The van der Waals surface area contributed by atoms with E-state index < -0.39 is 0 Å². The van der Waals surface area contributed by atoms with E-state index in [-0.39, 0.29) is 28.7 Å². The predicted octanol–water partition coefficient (Wildman–Crippen LogP) is 3.33. The molecule has 1 fully saturated rings. The number of aliphatic imine (C=N–C) groups is 1. The fourth-order valence-corrected chi connectivity index (χ4v) is 3.12. The van der Waals surface area contributed by atoms with Gasteiger partial charge in [0.1, 0.15) is 0 Å². The average molecular weight is 506 g/mol. The molecular formula is C20H35IN4OS. The van der Waals surface area contributed by atoms with Crippen molar-refractivity contribution in [2.24, 2.45) is 4.99 Å². The molecule has 1 unspecified atom stereocenters. The first-order valence-electron chi connectivity index (χ1n) is 9.33. The zero-order chi connectivity index (χ0) is 19.0. The van der Waals surface area contributed by atoms with Gasteiger partial charge in [0.2, 0.25) is 0 Å². The summed E-state index contributed by atoms with van der Waals surface area (Å²) in [5.41, 5.74) is 2.63. The summed E-state index contributed by atoms with van der Waals surface area (Å²) in [5, 5.41) is 6.83. The molecule has 1 aliphatic heterocycles. The van der Waals surface area contributed by atoms with Crippen molar-refractivity contribution >= 4 is 41.7 Å². The number of thioether (sulfide) groups is 1. The Hall–Kier alpha value is -0.510. The molecule has 0 radical (unpaired) electrons. The quantitative estimate of drug-likeness (QED) is 0.338. The Balaban J connectivity index is 0.00000364. The summed E-state index contributed by atoms with van der Waals surface area (Å²) in [7, 11) is 1.82. The molecule has 154 valence electrons. The van der Waals surface area contributed by atoms with Gasteiger partial charge in [-0.05, 0) is 38.2 Å². The molecule has 1 atom stereocenters. The van der Waals surface area contributed by atoms with Gasteiger partial charge in [-0.25, -0.2) is 0 Å². The van der Waals surface area contributed by atoms with Crippen molar-refractivity contribution in [1.29, 1.82) is 0 Å². The molecule has 5 nitrogen and oxygen atoms in total. The van der Waals surface area contributed by atoms with Crippen LogP contribution in [0.25, 0.3) is 0 Å². The molecule has 2 N–H and O–H groups in total. The summed E-state index contributed by atoms with van der Waals surface area (Å²) in [5.74, 6) is 0.847. The van der Waals surface area contributed by atoms with E-state index in [4.69, 9.17) is 4.74 Å². The number of guanidine groups is 1. The van der Waals surface area contributed by atoms with Crippen LogP contribution < -0.4 is 10.6 Å². The standard InChI is InChI=1S/C20H34N4OS.HI/c1-16-13-24(9-10-25-16)14-18-8-6-7-17(11-18)12-22-19(21-4)23-15-20(2,3)26-5;/h6-8,11,16H,9-10,12-15H2,1-5H3,(H2,21,22,23);1H. The van der Waals surface area contributed by atoms with Crippen LogP contribution in [0.5, 0.6) is 0 Å². The van der Waals surface area contributed by atoms with E-state index in [2.05, 4.69) is 71.8 Å². The number of benzene rings is 1. The van der Waals surface area contributed by atoms with Gasteiger partial charge < -0.3 is 15.4 Å². The van der Waals surface area contributed by atoms with Gasteiger partial charge in [0.15, 0.2) is 5.96 Å². The second kappa shape index (κ2) is 12.1. The second-order valence-electron chi connectivity index (χ2n) is 7.48. The summed E-state index contributed by atoms with van der Waals surface area (Å²) >= 11 is 1.85. The van der Waals surface area contributed by atoms with Crippen molar-refractivity contribution in [1.82, 2.24) is 15.5 Å². The predicted molar refractivity (Wildman–Crippen MR) is 128 cm³/mol. The Labute approximate surface area is 186 Å². The highest BCUT2D eigenvalue weighted by Gasteiger charge is 2.17. The number of nitrogens with zero attached hydrogens (tertiary/aromatic N) is 2. The van der Waals surface area contributed by atoms with Crippen molar-refractivity contribution in [3.8, 4) is 0 Å². The molecule has 1 aliphatic rings. The molecule has 27 heavy (non-hydrogen) atoms. The highest BCUT2D eigenvalue weighted by molar-refractivity contribution is 14.0.